The fraction of sp³-hybridized carbons (Fsp3) is 0.526. The summed E-state index contributed by atoms with van der Waals surface area (Å²) in [6, 6.07) is 3.70. The van der Waals surface area contributed by atoms with E-state index in [1.54, 1.807) is 12.0 Å². The number of ketones is 1. The van der Waals surface area contributed by atoms with E-state index in [4.69, 9.17) is 10.5 Å². The highest BCUT2D eigenvalue weighted by Gasteiger charge is 2.29. The Labute approximate surface area is 148 Å². The molecule has 0 saturated carbocycles. The van der Waals surface area contributed by atoms with E-state index in [2.05, 4.69) is 0 Å². The van der Waals surface area contributed by atoms with Crippen LogP contribution in [0.3, 0.4) is 0 Å². The molecule has 1 saturated heterocycles. The Morgan fingerprint density at radius 2 is 1.84 bits per heavy atom. The lowest BCUT2D eigenvalue weighted by molar-refractivity contribution is -0.134. The lowest BCUT2D eigenvalue weighted by Gasteiger charge is -2.32. The third-order valence-corrected chi connectivity index (χ3v) is 4.68. The van der Waals surface area contributed by atoms with Gasteiger partial charge in [-0.05, 0) is 49.9 Å². The monoisotopic (exact) mass is 346 g/mol. The predicted molar refractivity (Wildman–Crippen MR) is 94.5 cm³/mol. The standard InChI is InChI=1S/C19H26N2O4/c1-12-9-15(10-13(2)19(12)25-3)18(24)14-5-4-8-21(11-14)17(23)7-6-16(20)22/h9-10,14H,4-8,11H2,1-3H3,(H2,20,22). The molecule has 2 rings (SSSR count). The molecule has 0 aliphatic carbocycles. The van der Waals surface area contributed by atoms with Gasteiger partial charge in [-0.25, -0.2) is 0 Å². The number of piperidine rings is 1. The highest BCUT2D eigenvalue weighted by Crippen LogP contribution is 2.28. The molecule has 2 amide bonds. The molecule has 1 aliphatic heterocycles. The van der Waals surface area contributed by atoms with Gasteiger partial charge in [0, 0.05) is 37.4 Å². The van der Waals surface area contributed by atoms with Crippen LogP contribution >= 0.6 is 0 Å². The van der Waals surface area contributed by atoms with Crippen molar-refractivity contribution in [1.29, 1.82) is 0 Å². The Morgan fingerprint density at radius 3 is 2.40 bits per heavy atom. The van der Waals surface area contributed by atoms with E-state index in [0.29, 0.717) is 18.7 Å². The molecule has 1 aromatic rings. The number of nitrogens with two attached hydrogens (primary N) is 1. The van der Waals surface area contributed by atoms with Gasteiger partial charge < -0.3 is 15.4 Å². The quantitative estimate of drug-likeness (QED) is 0.798. The Hall–Kier alpha value is -2.37. The lowest BCUT2D eigenvalue weighted by Crippen LogP contribution is -2.42. The largest absolute Gasteiger partial charge is 0.496 e. The number of likely N-dealkylation sites (tertiary alicyclic amines) is 1. The fourth-order valence-corrected chi connectivity index (χ4v) is 3.46. The van der Waals surface area contributed by atoms with Crippen LogP contribution in [0.25, 0.3) is 0 Å². The third kappa shape index (κ3) is 4.59. The van der Waals surface area contributed by atoms with E-state index in [9.17, 15) is 14.4 Å². The highest BCUT2D eigenvalue weighted by atomic mass is 16.5. The zero-order chi connectivity index (χ0) is 18.6. The first-order valence-electron chi connectivity index (χ1n) is 8.59. The van der Waals surface area contributed by atoms with Gasteiger partial charge >= 0.3 is 0 Å². The molecular weight excluding hydrogens is 320 g/mol. The molecule has 2 N–H and O–H groups in total. The number of hydrogen-bond donors (Lipinski definition) is 1. The average molecular weight is 346 g/mol. The van der Waals surface area contributed by atoms with Crippen LogP contribution < -0.4 is 10.5 Å². The molecule has 1 unspecified atom stereocenters. The van der Waals surface area contributed by atoms with E-state index in [1.807, 2.05) is 26.0 Å². The number of methoxy groups -OCH3 is 1. The van der Waals surface area contributed by atoms with Crippen molar-refractivity contribution >= 4 is 17.6 Å². The van der Waals surface area contributed by atoms with Crippen LogP contribution in [-0.2, 0) is 9.59 Å². The molecule has 0 spiro atoms. The number of rotatable bonds is 6. The SMILES string of the molecule is COc1c(C)cc(C(=O)C2CCCN(C(=O)CCC(N)=O)C2)cc1C. The zero-order valence-electron chi connectivity index (χ0n) is 15.1. The molecule has 6 nitrogen and oxygen atoms in total. The molecule has 0 bridgehead atoms. The van der Waals surface area contributed by atoms with Crippen molar-refractivity contribution < 1.29 is 19.1 Å². The molecule has 6 heteroatoms. The molecule has 25 heavy (non-hydrogen) atoms. The van der Waals surface area contributed by atoms with Crippen LogP contribution in [0.15, 0.2) is 12.1 Å². The number of Topliss-reactive ketones (excluding diaryl/α,β-unsaturated/α-hetero) is 1. The fourth-order valence-electron chi connectivity index (χ4n) is 3.46. The van der Waals surface area contributed by atoms with E-state index in [1.165, 1.54) is 0 Å². The number of benzene rings is 1. The Balaban J connectivity index is 2.09. The number of ether oxygens (including phenoxy) is 1. The topological polar surface area (TPSA) is 89.7 Å². The summed E-state index contributed by atoms with van der Waals surface area (Å²) >= 11 is 0. The van der Waals surface area contributed by atoms with Crippen molar-refractivity contribution in [2.24, 2.45) is 11.7 Å². The number of nitrogens with zero attached hydrogens (tertiary/aromatic N) is 1. The van der Waals surface area contributed by atoms with Gasteiger partial charge in [0.2, 0.25) is 11.8 Å². The molecule has 1 atom stereocenters. The summed E-state index contributed by atoms with van der Waals surface area (Å²) in [5, 5.41) is 0. The van der Waals surface area contributed by atoms with Crippen molar-refractivity contribution in [1.82, 2.24) is 4.90 Å². The first-order chi connectivity index (χ1) is 11.8. The number of amides is 2. The van der Waals surface area contributed by atoms with Crippen LogP contribution in [0.4, 0.5) is 0 Å². The molecular formula is C19H26N2O4. The van der Waals surface area contributed by atoms with Gasteiger partial charge in [0.1, 0.15) is 5.75 Å². The highest BCUT2D eigenvalue weighted by molar-refractivity contribution is 5.99. The van der Waals surface area contributed by atoms with Gasteiger partial charge in [0.05, 0.1) is 7.11 Å². The summed E-state index contributed by atoms with van der Waals surface area (Å²) < 4.78 is 5.35. The van der Waals surface area contributed by atoms with Gasteiger partial charge in [-0.2, -0.15) is 0 Å². The van der Waals surface area contributed by atoms with E-state index in [0.717, 1.165) is 29.7 Å². The maximum absolute atomic E-state index is 12.9. The Morgan fingerprint density at radius 1 is 1.20 bits per heavy atom. The van der Waals surface area contributed by atoms with Crippen molar-refractivity contribution in [3.8, 4) is 5.75 Å². The second kappa shape index (κ2) is 8.14. The maximum atomic E-state index is 12.9. The van der Waals surface area contributed by atoms with E-state index < -0.39 is 5.91 Å². The number of hydrogen-bond acceptors (Lipinski definition) is 4. The molecule has 1 aliphatic rings. The van der Waals surface area contributed by atoms with Gasteiger partial charge in [0.25, 0.3) is 0 Å². The first-order valence-corrected chi connectivity index (χ1v) is 8.59. The van der Waals surface area contributed by atoms with Crippen LogP contribution in [0.5, 0.6) is 5.75 Å². The molecule has 0 aromatic heterocycles. The first kappa shape index (κ1) is 19.0. The molecule has 1 fully saturated rings. The van der Waals surface area contributed by atoms with Gasteiger partial charge in [0.15, 0.2) is 5.78 Å². The summed E-state index contributed by atoms with van der Waals surface area (Å²) in [6.07, 6.45) is 1.71. The number of carbonyl (C=O) groups is 3. The Bertz CT molecular complexity index is 661. The van der Waals surface area contributed by atoms with Crippen LogP contribution in [-0.4, -0.2) is 42.7 Å². The van der Waals surface area contributed by atoms with Crippen LogP contribution in [0.1, 0.15) is 47.2 Å². The summed E-state index contributed by atoms with van der Waals surface area (Å²) in [6.45, 7) is 4.87. The normalized spacial score (nSPS) is 17.2. The van der Waals surface area contributed by atoms with Crippen molar-refractivity contribution in [2.45, 2.75) is 39.5 Å². The van der Waals surface area contributed by atoms with Gasteiger partial charge in [-0.3, -0.25) is 14.4 Å². The molecule has 1 heterocycles. The second-order valence-corrected chi connectivity index (χ2v) is 6.65. The van der Waals surface area contributed by atoms with E-state index >= 15 is 0 Å². The second-order valence-electron chi connectivity index (χ2n) is 6.65. The predicted octanol–water partition coefficient (Wildman–Crippen LogP) is 2.00. The lowest BCUT2D eigenvalue weighted by atomic mass is 9.88. The summed E-state index contributed by atoms with van der Waals surface area (Å²) in [5.74, 6) is 0.0451. The number of primary amides is 1. The molecule has 1 aromatic carbocycles. The number of carbonyl (C=O) groups excluding carboxylic acids is 3. The van der Waals surface area contributed by atoms with E-state index in [-0.39, 0.29) is 30.4 Å². The van der Waals surface area contributed by atoms with Crippen LogP contribution in [0.2, 0.25) is 0 Å². The van der Waals surface area contributed by atoms with Gasteiger partial charge in [-0.15, -0.1) is 0 Å². The average Bonchev–Trinajstić information content (AvgIpc) is 2.58. The van der Waals surface area contributed by atoms with Crippen molar-refractivity contribution in [2.75, 3.05) is 20.2 Å². The smallest absolute Gasteiger partial charge is 0.223 e. The summed E-state index contributed by atoms with van der Waals surface area (Å²) in [4.78, 5) is 37.6. The minimum absolute atomic E-state index is 0.0464. The Kier molecular flexibility index (Phi) is 6.17. The minimum Gasteiger partial charge on any atom is -0.496 e. The maximum Gasteiger partial charge on any atom is 0.223 e. The van der Waals surface area contributed by atoms with Crippen molar-refractivity contribution in [3.05, 3.63) is 28.8 Å². The summed E-state index contributed by atoms with van der Waals surface area (Å²) in [5.41, 5.74) is 7.61. The third-order valence-electron chi connectivity index (χ3n) is 4.68. The molecule has 136 valence electrons. The number of aryl methyl sites for hydroxylation is 2. The van der Waals surface area contributed by atoms with Crippen LogP contribution in [0, 0.1) is 19.8 Å². The molecule has 0 radical (unpaired) electrons. The van der Waals surface area contributed by atoms with Crippen molar-refractivity contribution in [3.63, 3.8) is 0 Å². The minimum atomic E-state index is -0.484. The van der Waals surface area contributed by atoms with Gasteiger partial charge in [-0.1, -0.05) is 0 Å². The zero-order valence-corrected chi connectivity index (χ0v) is 15.1. The summed E-state index contributed by atoms with van der Waals surface area (Å²) in [7, 11) is 1.62.